The lowest BCUT2D eigenvalue weighted by molar-refractivity contribution is 0.0880. The van der Waals surface area contributed by atoms with E-state index in [2.05, 4.69) is 71.8 Å². The second-order valence-corrected chi connectivity index (χ2v) is 6.02. The van der Waals surface area contributed by atoms with Crippen molar-refractivity contribution >= 4 is 10.8 Å². The minimum Gasteiger partial charge on any atom is -0.303 e. The molecule has 0 amide bonds. The highest BCUT2D eigenvalue weighted by Gasteiger charge is 2.30. The van der Waals surface area contributed by atoms with Crippen molar-refractivity contribution in [3.05, 3.63) is 48.0 Å². The van der Waals surface area contributed by atoms with Gasteiger partial charge in [-0.2, -0.15) is 0 Å². The maximum absolute atomic E-state index is 5.94. The lowest BCUT2D eigenvalue weighted by atomic mass is 9.92. The molecule has 4 nitrogen and oxygen atoms in total. The van der Waals surface area contributed by atoms with Crippen LogP contribution >= 0.6 is 0 Å². The van der Waals surface area contributed by atoms with Crippen LogP contribution in [0.3, 0.4) is 0 Å². The Morgan fingerprint density at radius 1 is 1.10 bits per heavy atom. The van der Waals surface area contributed by atoms with Crippen LogP contribution in [-0.4, -0.2) is 49.6 Å². The first-order chi connectivity index (χ1) is 10.2. The molecular weight excluding hydrogens is 260 g/mol. The molecule has 3 N–H and O–H groups in total. The molecule has 0 spiro atoms. The summed E-state index contributed by atoms with van der Waals surface area (Å²) in [6.07, 6.45) is 0. The van der Waals surface area contributed by atoms with Crippen LogP contribution in [0.25, 0.3) is 10.8 Å². The SMILES string of the molecule is CN1CCN(C)C(C(NN)c2cccc3ccccc23)C1. The van der Waals surface area contributed by atoms with Gasteiger partial charge in [0.15, 0.2) is 0 Å². The number of nitrogens with two attached hydrogens (primary N) is 1. The van der Waals surface area contributed by atoms with Crippen LogP contribution in [0.15, 0.2) is 42.5 Å². The van der Waals surface area contributed by atoms with Gasteiger partial charge in [-0.15, -0.1) is 0 Å². The number of benzene rings is 2. The topological polar surface area (TPSA) is 44.5 Å². The lowest BCUT2D eigenvalue weighted by Crippen LogP contribution is -2.56. The predicted molar refractivity (Wildman–Crippen MR) is 87.9 cm³/mol. The molecule has 2 aromatic rings. The first-order valence-corrected chi connectivity index (χ1v) is 7.53. The Hall–Kier alpha value is -1.46. The summed E-state index contributed by atoms with van der Waals surface area (Å²) < 4.78 is 0. The molecule has 1 aliphatic rings. The number of hydrazine groups is 1. The van der Waals surface area contributed by atoms with Gasteiger partial charge in [0.2, 0.25) is 0 Å². The van der Waals surface area contributed by atoms with E-state index >= 15 is 0 Å². The van der Waals surface area contributed by atoms with E-state index < -0.39 is 0 Å². The first-order valence-electron chi connectivity index (χ1n) is 7.53. The van der Waals surface area contributed by atoms with Crippen LogP contribution in [0.4, 0.5) is 0 Å². The highest BCUT2D eigenvalue weighted by atomic mass is 15.3. The van der Waals surface area contributed by atoms with E-state index in [9.17, 15) is 0 Å². The Labute approximate surface area is 126 Å². The highest BCUT2D eigenvalue weighted by molar-refractivity contribution is 5.86. The Morgan fingerprint density at radius 3 is 2.67 bits per heavy atom. The van der Waals surface area contributed by atoms with Crippen molar-refractivity contribution in [1.82, 2.24) is 15.2 Å². The van der Waals surface area contributed by atoms with E-state index in [4.69, 9.17) is 5.84 Å². The predicted octanol–water partition coefficient (Wildman–Crippen LogP) is 1.59. The van der Waals surface area contributed by atoms with Crippen molar-refractivity contribution < 1.29 is 0 Å². The Morgan fingerprint density at radius 2 is 1.86 bits per heavy atom. The summed E-state index contributed by atoms with van der Waals surface area (Å²) in [5.74, 6) is 5.94. The molecule has 0 aromatic heterocycles. The molecule has 2 atom stereocenters. The van der Waals surface area contributed by atoms with Gasteiger partial charge in [-0.25, -0.2) is 0 Å². The van der Waals surface area contributed by atoms with Gasteiger partial charge in [0.05, 0.1) is 6.04 Å². The first kappa shape index (κ1) is 14.5. The summed E-state index contributed by atoms with van der Waals surface area (Å²) in [6.45, 7) is 3.21. The fourth-order valence-corrected chi connectivity index (χ4v) is 3.33. The molecule has 21 heavy (non-hydrogen) atoms. The van der Waals surface area contributed by atoms with Gasteiger partial charge < -0.3 is 4.90 Å². The maximum atomic E-state index is 5.94. The normalized spacial score (nSPS) is 22.5. The Bertz CT molecular complexity index is 607. The monoisotopic (exact) mass is 284 g/mol. The average molecular weight is 284 g/mol. The smallest absolute Gasteiger partial charge is 0.0633 e. The third-order valence-corrected chi connectivity index (χ3v) is 4.62. The van der Waals surface area contributed by atoms with Gasteiger partial charge >= 0.3 is 0 Å². The van der Waals surface area contributed by atoms with Crippen molar-refractivity contribution in [1.29, 1.82) is 0 Å². The molecule has 2 unspecified atom stereocenters. The highest BCUT2D eigenvalue weighted by Crippen LogP contribution is 2.28. The quantitative estimate of drug-likeness (QED) is 0.664. The summed E-state index contributed by atoms with van der Waals surface area (Å²) in [5, 5.41) is 2.55. The Kier molecular flexibility index (Phi) is 4.22. The minimum atomic E-state index is 0.129. The molecule has 1 heterocycles. The van der Waals surface area contributed by atoms with Crippen LogP contribution in [0.2, 0.25) is 0 Å². The second kappa shape index (κ2) is 6.12. The van der Waals surface area contributed by atoms with E-state index in [1.54, 1.807) is 0 Å². The van der Waals surface area contributed by atoms with Crippen molar-refractivity contribution in [2.45, 2.75) is 12.1 Å². The van der Waals surface area contributed by atoms with Crippen molar-refractivity contribution in [2.75, 3.05) is 33.7 Å². The van der Waals surface area contributed by atoms with Crippen LogP contribution in [0.1, 0.15) is 11.6 Å². The molecule has 0 bridgehead atoms. The van der Waals surface area contributed by atoms with Gasteiger partial charge in [0, 0.05) is 25.7 Å². The molecule has 112 valence electrons. The van der Waals surface area contributed by atoms with Gasteiger partial charge in [-0.3, -0.25) is 16.2 Å². The Balaban J connectivity index is 2.01. The van der Waals surface area contributed by atoms with E-state index in [1.165, 1.54) is 16.3 Å². The summed E-state index contributed by atoms with van der Waals surface area (Å²) >= 11 is 0. The molecule has 1 fully saturated rings. The summed E-state index contributed by atoms with van der Waals surface area (Å²) in [5.41, 5.74) is 4.34. The fourth-order valence-electron chi connectivity index (χ4n) is 3.33. The summed E-state index contributed by atoms with van der Waals surface area (Å²) in [6, 6.07) is 15.5. The van der Waals surface area contributed by atoms with E-state index in [1.807, 2.05) is 0 Å². The number of fused-ring (bicyclic) bond motifs is 1. The molecule has 2 aromatic carbocycles. The molecule has 0 aliphatic carbocycles. The van der Waals surface area contributed by atoms with Gasteiger partial charge in [-0.1, -0.05) is 42.5 Å². The van der Waals surface area contributed by atoms with Gasteiger partial charge in [-0.05, 0) is 30.4 Å². The number of nitrogens with one attached hydrogen (secondary N) is 1. The van der Waals surface area contributed by atoms with Crippen molar-refractivity contribution in [3.8, 4) is 0 Å². The van der Waals surface area contributed by atoms with E-state index in [-0.39, 0.29) is 6.04 Å². The van der Waals surface area contributed by atoms with Crippen LogP contribution in [-0.2, 0) is 0 Å². The zero-order valence-corrected chi connectivity index (χ0v) is 12.8. The molecule has 1 aliphatic heterocycles. The zero-order valence-electron chi connectivity index (χ0n) is 12.8. The van der Waals surface area contributed by atoms with Crippen molar-refractivity contribution in [2.24, 2.45) is 5.84 Å². The molecule has 3 rings (SSSR count). The largest absolute Gasteiger partial charge is 0.303 e. The number of likely N-dealkylation sites (N-methyl/N-ethyl adjacent to an activating group) is 2. The van der Waals surface area contributed by atoms with Crippen LogP contribution in [0.5, 0.6) is 0 Å². The molecular formula is C17H24N4. The van der Waals surface area contributed by atoms with Gasteiger partial charge in [0.1, 0.15) is 0 Å². The molecule has 4 heteroatoms. The standard InChI is InChI=1S/C17H24N4/c1-20-10-11-21(2)16(12-20)17(19-18)15-9-5-7-13-6-3-4-8-14(13)15/h3-9,16-17,19H,10-12,18H2,1-2H3. The second-order valence-electron chi connectivity index (χ2n) is 6.02. The number of nitrogens with zero attached hydrogens (tertiary/aromatic N) is 2. The van der Waals surface area contributed by atoms with Crippen LogP contribution in [0, 0.1) is 0 Å². The van der Waals surface area contributed by atoms with E-state index in [0.29, 0.717) is 6.04 Å². The summed E-state index contributed by atoms with van der Waals surface area (Å²) in [7, 11) is 4.36. The van der Waals surface area contributed by atoms with Crippen molar-refractivity contribution in [3.63, 3.8) is 0 Å². The maximum Gasteiger partial charge on any atom is 0.0633 e. The van der Waals surface area contributed by atoms with Gasteiger partial charge in [0.25, 0.3) is 0 Å². The number of hydrogen-bond acceptors (Lipinski definition) is 4. The van der Waals surface area contributed by atoms with E-state index in [0.717, 1.165) is 19.6 Å². The molecule has 1 saturated heterocycles. The summed E-state index contributed by atoms with van der Waals surface area (Å²) in [4.78, 5) is 4.78. The van der Waals surface area contributed by atoms with Crippen LogP contribution < -0.4 is 11.3 Å². The fraction of sp³-hybridized carbons (Fsp3) is 0.412. The molecule has 0 radical (unpaired) electrons. The third-order valence-electron chi connectivity index (χ3n) is 4.62. The molecule has 0 saturated carbocycles. The average Bonchev–Trinajstić information content (AvgIpc) is 2.51. The number of piperazine rings is 1. The zero-order chi connectivity index (χ0) is 14.8. The minimum absolute atomic E-state index is 0.129. The third kappa shape index (κ3) is 2.80. The number of rotatable bonds is 3. The lowest BCUT2D eigenvalue weighted by Gasteiger charge is -2.42. The number of hydrogen-bond donors (Lipinski definition) is 2.